The van der Waals surface area contributed by atoms with Gasteiger partial charge in [-0.05, 0) is 32.0 Å². The van der Waals surface area contributed by atoms with Crippen molar-refractivity contribution in [1.29, 1.82) is 0 Å². The van der Waals surface area contributed by atoms with E-state index in [1.54, 1.807) is 7.05 Å². The lowest BCUT2D eigenvalue weighted by molar-refractivity contribution is -0.121. The molecule has 0 radical (unpaired) electrons. The molecule has 1 aliphatic heterocycles. The van der Waals surface area contributed by atoms with Gasteiger partial charge in [-0.2, -0.15) is 0 Å². The highest BCUT2D eigenvalue weighted by Gasteiger charge is 2.20. The first-order chi connectivity index (χ1) is 9.28. The number of nitrogens with zero attached hydrogens (tertiary/aromatic N) is 1. The van der Waals surface area contributed by atoms with Crippen LogP contribution < -0.4 is 10.6 Å². The highest BCUT2D eigenvalue weighted by Crippen LogP contribution is 2.13. The van der Waals surface area contributed by atoms with Crippen molar-refractivity contribution in [1.82, 2.24) is 15.5 Å². The molecule has 1 heterocycles. The lowest BCUT2D eigenvalue weighted by Crippen LogP contribution is -2.49. The third-order valence-electron chi connectivity index (χ3n) is 3.46. The van der Waals surface area contributed by atoms with Crippen molar-refractivity contribution in [2.45, 2.75) is 25.4 Å². The van der Waals surface area contributed by atoms with Crippen LogP contribution in [0.4, 0.5) is 0 Å². The molecule has 0 spiro atoms. The van der Waals surface area contributed by atoms with E-state index in [1.165, 1.54) is 5.56 Å². The second-order valence-electron chi connectivity index (χ2n) is 5.16. The van der Waals surface area contributed by atoms with Gasteiger partial charge in [0.25, 0.3) is 0 Å². The summed E-state index contributed by atoms with van der Waals surface area (Å²) < 4.78 is 0. The summed E-state index contributed by atoms with van der Waals surface area (Å²) >= 11 is 0. The Labute approximate surface area is 127 Å². The molecule has 4 nitrogen and oxygen atoms in total. The molecule has 1 unspecified atom stereocenters. The molecular weight excluding hydrogens is 274 g/mol. The Bertz CT molecular complexity index is 399. The van der Waals surface area contributed by atoms with E-state index in [4.69, 9.17) is 0 Å². The zero-order chi connectivity index (χ0) is 13.5. The van der Waals surface area contributed by atoms with Crippen molar-refractivity contribution in [3.05, 3.63) is 35.9 Å². The molecule has 2 N–H and O–H groups in total. The van der Waals surface area contributed by atoms with Crippen LogP contribution in [0.2, 0.25) is 0 Å². The third-order valence-corrected chi connectivity index (χ3v) is 3.46. The van der Waals surface area contributed by atoms with E-state index in [0.29, 0.717) is 12.6 Å². The quantitative estimate of drug-likeness (QED) is 0.864. The molecule has 1 amide bonds. The lowest BCUT2D eigenvalue weighted by atomic mass is 10.0. The monoisotopic (exact) mass is 297 g/mol. The van der Waals surface area contributed by atoms with Crippen LogP contribution in [0.15, 0.2) is 30.3 Å². The van der Waals surface area contributed by atoms with Crippen molar-refractivity contribution < 1.29 is 4.79 Å². The van der Waals surface area contributed by atoms with Crippen LogP contribution in [0.25, 0.3) is 0 Å². The minimum absolute atomic E-state index is 0. The molecule has 2 rings (SSSR count). The SMILES string of the molecule is CNCC(=O)NC1CCCN(Cc2ccccc2)C1.Cl. The van der Waals surface area contributed by atoms with E-state index in [1.807, 2.05) is 6.07 Å². The van der Waals surface area contributed by atoms with Crippen LogP contribution in [0.3, 0.4) is 0 Å². The summed E-state index contributed by atoms with van der Waals surface area (Å²) in [5, 5.41) is 5.97. The zero-order valence-corrected chi connectivity index (χ0v) is 12.8. The first-order valence-electron chi connectivity index (χ1n) is 6.98. The molecule has 5 heteroatoms. The van der Waals surface area contributed by atoms with Gasteiger partial charge < -0.3 is 10.6 Å². The standard InChI is InChI=1S/C15H23N3O.ClH/c1-16-10-15(19)17-14-8-5-9-18(12-14)11-13-6-3-2-4-7-13;/h2-4,6-7,14,16H,5,8-12H2,1H3,(H,17,19);1H. The second-order valence-corrected chi connectivity index (χ2v) is 5.16. The number of piperidine rings is 1. The largest absolute Gasteiger partial charge is 0.351 e. The number of rotatable bonds is 5. The Balaban J connectivity index is 0.00000200. The molecular formula is C15H24ClN3O. The highest BCUT2D eigenvalue weighted by molar-refractivity contribution is 5.85. The summed E-state index contributed by atoms with van der Waals surface area (Å²) in [6.45, 7) is 3.44. The first-order valence-corrected chi connectivity index (χ1v) is 6.98. The summed E-state index contributed by atoms with van der Waals surface area (Å²) in [4.78, 5) is 14.0. The fourth-order valence-electron chi connectivity index (χ4n) is 2.60. The molecule has 20 heavy (non-hydrogen) atoms. The normalized spacial score (nSPS) is 19.1. The number of nitrogens with one attached hydrogen (secondary N) is 2. The van der Waals surface area contributed by atoms with Crippen LogP contribution in [-0.4, -0.2) is 43.5 Å². The first kappa shape index (κ1) is 17.0. The van der Waals surface area contributed by atoms with E-state index in [2.05, 4.69) is 39.8 Å². The van der Waals surface area contributed by atoms with Crippen LogP contribution in [0, 0.1) is 0 Å². The van der Waals surface area contributed by atoms with E-state index in [-0.39, 0.29) is 18.3 Å². The molecule has 0 saturated carbocycles. The van der Waals surface area contributed by atoms with Crippen LogP contribution >= 0.6 is 12.4 Å². The molecule has 1 fully saturated rings. The highest BCUT2D eigenvalue weighted by atomic mass is 35.5. The number of hydrogen-bond acceptors (Lipinski definition) is 3. The molecule has 0 bridgehead atoms. The summed E-state index contributed by atoms with van der Waals surface area (Å²) in [5.41, 5.74) is 1.34. The number of amides is 1. The van der Waals surface area contributed by atoms with E-state index in [0.717, 1.165) is 32.5 Å². The Hall–Kier alpha value is -1.10. The maximum Gasteiger partial charge on any atom is 0.234 e. The van der Waals surface area contributed by atoms with Gasteiger partial charge in [0.15, 0.2) is 0 Å². The van der Waals surface area contributed by atoms with E-state index >= 15 is 0 Å². The average Bonchev–Trinajstić information content (AvgIpc) is 2.40. The zero-order valence-electron chi connectivity index (χ0n) is 12.0. The molecule has 1 atom stereocenters. The summed E-state index contributed by atoms with van der Waals surface area (Å²) in [6.07, 6.45) is 2.23. The maximum absolute atomic E-state index is 11.6. The molecule has 1 aromatic carbocycles. The van der Waals surface area contributed by atoms with Gasteiger partial charge in [0.05, 0.1) is 6.54 Å². The summed E-state index contributed by atoms with van der Waals surface area (Å²) in [6, 6.07) is 10.8. The second kappa shape index (κ2) is 8.95. The van der Waals surface area contributed by atoms with Crippen molar-refractivity contribution in [3.8, 4) is 0 Å². The van der Waals surface area contributed by atoms with Crippen LogP contribution in [0.1, 0.15) is 18.4 Å². The maximum atomic E-state index is 11.6. The Morgan fingerprint density at radius 1 is 1.35 bits per heavy atom. The van der Waals surface area contributed by atoms with Crippen molar-refractivity contribution >= 4 is 18.3 Å². The lowest BCUT2D eigenvalue weighted by Gasteiger charge is -2.33. The molecule has 0 aromatic heterocycles. The fourth-order valence-corrected chi connectivity index (χ4v) is 2.60. The number of carbonyl (C=O) groups excluding carboxylic acids is 1. The third kappa shape index (κ3) is 5.49. The molecule has 0 aliphatic carbocycles. The van der Waals surface area contributed by atoms with Crippen LogP contribution in [-0.2, 0) is 11.3 Å². The van der Waals surface area contributed by atoms with Gasteiger partial charge in [0, 0.05) is 19.1 Å². The molecule has 1 aliphatic rings. The molecule has 1 aromatic rings. The number of benzene rings is 1. The number of likely N-dealkylation sites (tertiary alicyclic amines) is 1. The topological polar surface area (TPSA) is 44.4 Å². The Kier molecular flexibility index (Phi) is 7.59. The van der Waals surface area contributed by atoms with Gasteiger partial charge in [0.1, 0.15) is 0 Å². The van der Waals surface area contributed by atoms with Gasteiger partial charge in [-0.1, -0.05) is 30.3 Å². The van der Waals surface area contributed by atoms with Gasteiger partial charge in [-0.25, -0.2) is 0 Å². The van der Waals surface area contributed by atoms with Gasteiger partial charge >= 0.3 is 0 Å². The molecule has 1 saturated heterocycles. The number of hydrogen-bond donors (Lipinski definition) is 2. The van der Waals surface area contributed by atoms with Gasteiger partial charge in [0.2, 0.25) is 5.91 Å². The van der Waals surface area contributed by atoms with E-state index in [9.17, 15) is 4.79 Å². The minimum atomic E-state index is 0. The smallest absolute Gasteiger partial charge is 0.234 e. The average molecular weight is 298 g/mol. The Morgan fingerprint density at radius 3 is 2.80 bits per heavy atom. The van der Waals surface area contributed by atoms with Crippen molar-refractivity contribution in [3.63, 3.8) is 0 Å². The van der Waals surface area contributed by atoms with Gasteiger partial charge in [-0.15, -0.1) is 12.4 Å². The minimum Gasteiger partial charge on any atom is -0.351 e. The van der Waals surface area contributed by atoms with E-state index < -0.39 is 0 Å². The summed E-state index contributed by atoms with van der Waals surface area (Å²) in [5.74, 6) is 0.0917. The number of halogens is 1. The van der Waals surface area contributed by atoms with Gasteiger partial charge in [-0.3, -0.25) is 9.69 Å². The number of likely N-dealkylation sites (N-methyl/N-ethyl adjacent to an activating group) is 1. The van der Waals surface area contributed by atoms with Crippen molar-refractivity contribution in [2.75, 3.05) is 26.7 Å². The molecule has 112 valence electrons. The number of carbonyl (C=O) groups is 1. The van der Waals surface area contributed by atoms with Crippen molar-refractivity contribution in [2.24, 2.45) is 0 Å². The predicted molar refractivity (Wildman–Crippen MR) is 84.1 cm³/mol. The van der Waals surface area contributed by atoms with Crippen LogP contribution in [0.5, 0.6) is 0 Å². The fraction of sp³-hybridized carbons (Fsp3) is 0.533. The predicted octanol–water partition coefficient (Wildman–Crippen LogP) is 1.41. The Morgan fingerprint density at radius 2 is 2.10 bits per heavy atom. The summed E-state index contributed by atoms with van der Waals surface area (Å²) in [7, 11) is 1.79.